The van der Waals surface area contributed by atoms with Crippen LogP contribution in [0.5, 0.6) is 0 Å². The second-order valence-electron chi connectivity index (χ2n) is 4.24. The maximum atomic E-state index is 4.56. The minimum atomic E-state index is 0.879. The van der Waals surface area contributed by atoms with E-state index in [1.165, 1.54) is 22.4 Å². The molecular weight excluding hydrogens is 200 g/mol. The molecule has 4 nitrogen and oxygen atoms in total. The zero-order chi connectivity index (χ0) is 11.1. The minimum absolute atomic E-state index is 0.879. The molecule has 16 heavy (non-hydrogen) atoms. The molecule has 1 aliphatic rings. The van der Waals surface area contributed by atoms with Crippen molar-refractivity contribution in [3.05, 3.63) is 35.4 Å². The lowest BCUT2D eigenvalue weighted by Crippen LogP contribution is -2.00. The average molecular weight is 214 g/mol. The van der Waals surface area contributed by atoms with E-state index in [-0.39, 0.29) is 0 Å². The Morgan fingerprint density at radius 2 is 2.25 bits per heavy atom. The molecule has 3 heterocycles. The highest BCUT2D eigenvalue weighted by Gasteiger charge is 2.17. The number of hydrogen-bond donors (Lipinski definition) is 1. The first-order chi connectivity index (χ1) is 7.74. The van der Waals surface area contributed by atoms with Gasteiger partial charge < -0.3 is 5.32 Å². The van der Waals surface area contributed by atoms with Crippen molar-refractivity contribution >= 4 is 0 Å². The van der Waals surface area contributed by atoms with Gasteiger partial charge in [-0.3, -0.25) is 9.67 Å². The fourth-order valence-corrected chi connectivity index (χ4v) is 2.23. The first-order valence-corrected chi connectivity index (χ1v) is 5.43. The van der Waals surface area contributed by atoms with Crippen molar-refractivity contribution in [3.63, 3.8) is 0 Å². The smallest absolute Gasteiger partial charge is 0.0596 e. The van der Waals surface area contributed by atoms with Crippen LogP contribution in [-0.4, -0.2) is 14.8 Å². The largest absolute Gasteiger partial charge is 0.307 e. The van der Waals surface area contributed by atoms with Crippen molar-refractivity contribution in [2.45, 2.75) is 20.0 Å². The number of pyridine rings is 1. The lowest BCUT2D eigenvalue weighted by Gasteiger charge is -2.06. The number of nitrogens with zero attached hydrogens (tertiary/aromatic N) is 3. The quantitative estimate of drug-likeness (QED) is 0.780. The normalized spacial score (nSPS) is 14.1. The van der Waals surface area contributed by atoms with Crippen LogP contribution in [0.25, 0.3) is 11.1 Å². The maximum absolute atomic E-state index is 4.56. The van der Waals surface area contributed by atoms with Crippen molar-refractivity contribution in [1.82, 2.24) is 20.1 Å². The van der Waals surface area contributed by atoms with E-state index < -0.39 is 0 Å². The fraction of sp³-hybridized carbons (Fsp3) is 0.333. The van der Waals surface area contributed by atoms with Gasteiger partial charge in [-0.15, -0.1) is 0 Å². The van der Waals surface area contributed by atoms with E-state index >= 15 is 0 Å². The van der Waals surface area contributed by atoms with Crippen molar-refractivity contribution in [2.24, 2.45) is 7.05 Å². The average Bonchev–Trinajstić information content (AvgIpc) is 2.84. The molecule has 3 rings (SSSR count). The summed E-state index contributed by atoms with van der Waals surface area (Å²) in [7, 11) is 1.94. The third-order valence-electron chi connectivity index (χ3n) is 2.95. The van der Waals surface area contributed by atoms with Crippen LogP contribution in [-0.2, 0) is 20.1 Å². The molecule has 0 fully saturated rings. The molecule has 0 saturated carbocycles. The first-order valence-electron chi connectivity index (χ1n) is 5.43. The molecule has 0 amide bonds. The van der Waals surface area contributed by atoms with Crippen LogP contribution in [0.2, 0.25) is 0 Å². The topological polar surface area (TPSA) is 42.7 Å². The molecule has 2 aromatic heterocycles. The summed E-state index contributed by atoms with van der Waals surface area (Å²) in [5.74, 6) is 0. The van der Waals surface area contributed by atoms with Gasteiger partial charge in [0.2, 0.25) is 0 Å². The fourth-order valence-electron chi connectivity index (χ4n) is 2.23. The summed E-state index contributed by atoms with van der Waals surface area (Å²) < 4.78 is 1.83. The number of aryl methyl sites for hydroxylation is 2. The highest BCUT2D eigenvalue weighted by Crippen LogP contribution is 2.28. The standard InChI is InChI=1S/C12H14N4/c1-8-3-10(9-4-14-16(2)7-9)11-5-13-6-12(11)15-8/h3-4,7,13H,5-6H2,1-2H3. The summed E-state index contributed by atoms with van der Waals surface area (Å²) in [5, 5.41) is 7.57. The zero-order valence-electron chi connectivity index (χ0n) is 9.49. The van der Waals surface area contributed by atoms with Crippen LogP contribution in [0.3, 0.4) is 0 Å². The van der Waals surface area contributed by atoms with Gasteiger partial charge in [-0.1, -0.05) is 0 Å². The van der Waals surface area contributed by atoms with Crippen LogP contribution < -0.4 is 5.32 Å². The molecule has 0 radical (unpaired) electrons. The Morgan fingerprint density at radius 3 is 3.00 bits per heavy atom. The van der Waals surface area contributed by atoms with E-state index in [4.69, 9.17) is 0 Å². The first kappa shape index (κ1) is 9.54. The highest BCUT2D eigenvalue weighted by atomic mass is 15.2. The predicted octanol–water partition coefficient (Wildman–Crippen LogP) is 1.39. The lowest BCUT2D eigenvalue weighted by atomic mass is 10.0. The molecule has 0 aliphatic carbocycles. The third kappa shape index (κ3) is 1.42. The number of aromatic nitrogens is 3. The molecule has 1 N–H and O–H groups in total. The van der Waals surface area contributed by atoms with Gasteiger partial charge in [0.1, 0.15) is 0 Å². The van der Waals surface area contributed by atoms with Crippen molar-refractivity contribution in [1.29, 1.82) is 0 Å². The van der Waals surface area contributed by atoms with Gasteiger partial charge in [-0.25, -0.2) is 0 Å². The molecule has 2 aromatic rings. The summed E-state index contributed by atoms with van der Waals surface area (Å²) in [5.41, 5.74) is 6.01. The van der Waals surface area contributed by atoms with Crippen molar-refractivity contribution in [3.8, 4) is 11.1 Å². The SMILES string of the molecule is Cc1cc(-c2cnn(C)c2)c2c(n1)CNC2. The van der Waals surface area contributed by atoms with Crippen molar-refractivity contribution in [2.75, 3.05) is 0 Å². The van der Waals surface area contributed by atoms with Crippen LogP contribution in [0.15, 0.2) is 18.5 Å². The lowest BCUT2D eigenvalue weighted by molar-refractivity contribution is 0.757. The van der Waals surface area contributed by atoms with Gasteiger partial charge in [0.15, 0.2) is 0 Å². The monoisotopic (exact) mass is 214 g/mol. The van der Waals surface area contributed by atoms with E-state index in [2.05, 4.69) is 21.5 Å². The van der Waals surface area contributed by atoms with Gasteiger partial charge in [-0.05, 0) is 24.1 Å². The van der Waals surface area contributed by atoms with Crippen molar-refractivity contribution < 1.29 is 0 Å². The minimum Gasteiger partial charge on any atom is -0.307 e. The molecule has 1 aliphatic heterocycles. The molecular formula is C12H14N4. The second-order valence-corrected chi connectivity index (χ2v) is 4.24. The number of hydrogen-bond acceptors (Lipinski definition) is 3. The second kappa shape index (κ2) is 3.42. The van der Waals surface area contributed by atoms with Crippen LogP contribution >= 0.6 is 0 Å². The Labute approximate surface area is 94.3 Å². The van der Waals surface area contributed by atoms with E-state index in [9.17, 15) is 0 Å². The van der Waals surface area contributed by atoms with E-state index in [0.717, 1.165) is 18.8 Å². The number of fused-ring (bicyclic) bond motifs is 1. The Balaban J connectivity index is 2.20. The van der Waals surface area contributed by atoms with Gasteiger partial charge in [0.25, 0.3) is 0 Å². The van der Waals surface area contributed by atoms with Gasteiger partial charge in [0.05, 0.1) is 11.9 Å². The molecule has 82 valence electrons. The summed E-state index contributed by atoms with van der Waals surface area (Å²) in [6.45, 7) is 3.83. The summed E-state index contributed by atoms with van der Waals surface area (Å²) in [6.07, 6.45) is 3.96. The van der Waals surface area contributed by atoms with Crippen LogP contribution in [0.4, 0.5) is 0 Å². The number of rotatable bonds is 1. The third-order valence-corrected chi connectivity index (χ3v) is 2.95. The Hall–Kier alpha value is -1.68. The van der Waals surface area contributed by atoms with Gasteiger partial charge >= 0.3 is 0 Å². The molecule has 0 aromatic carbocycles. The Morgan fingerprint density at radius 1 is 1.38 bits per heavy atom. The highest BCUT2D eigenvalue weighted by molar-refractivity contribution is 5.67. The number of nitrogens with one attached hydrogen (secondary N) is 1. The maximum Gasteiger partial charge on any atom is 0.0596 e. The molecule has 0 unspecified atom stereocenters. The molecule has 4 heteroatoms. The van der Waals surface area contributed by atoms with Gasteiger partial charge in [0, 0.05) is 37.6 Å². The summed E-state index contributed by atoms with van der Waals surface area (Å²) in [4.78, 5) is 4.56. The van der Waals surface area contributed by atoms with E-state index in [0.29, 0.717) is 0 Å². The van der Waals surface area contributed by atoms with Gasteiger partial charge in [-0.2, -0.15) is 5.10 Å². The van der Waals surface area contributed by atoms with Crippen LogP contribution in [0.1, 0.15) is 17.0 Å². The summed E-state index contributed by atoms with van der Waals surface area (Å²) >= 11 is 0. The predicted molar refractivity (Wildman–Crippen MR) is 61.7 cm³/mol. The Bertz CT molecular complexity index is 542. The molecule has 0 spiro atoms. The zero-order valence-corrected chi connectivity index (χ0v) is 9.49. The molecule has 0 atom stereocenters. The summed E-state index contributed by atoms with van der Waals surface area (Å²) in [6, 6.07) is 2.14. The molecule has 0 saturated heterocycles. The Kier molecular flexibility index (Phi) is 2.04. The van der Waals surface area contributed by atoms with E-state index in [1.807, 2.05) is 31.0 Å². The molecule has 0 bridgehead atoms. The van der Waals surface area contributed by atoms with Crippen LogP contribution in [0, 0.1) is 6.92 Å². The van der Waals surface area contributed by atoms with E-state index in [1.54, 1.807) is 0 Å².